The van der Waals surface area contributed by atoms with Gasteiger partial charge in [-0.3, -0.25) is 0 Å². The van der Waals surface area contributed by atoms with Crippen molar-refractivity contribution in [1.29, 1.82) is 0 Å². The van der Waals surface area contributed by atoms with Gasteiger partial charge in [0.25, 0.3) is 0 Å². The molecule has 3 fully saturated rings. The van der Waals surface area contributed by atoms with Crippen molar-refractivity contribution in [2.45, 2.75) is 98.5 Å². The first-order chi connectivity index (χ1) is 20.3. The van der Waals surface area contributed by atoms with E-state index in [9.17, 15) is 30.6 Å². The molecule has 0 amide bonds. The summed E-state index contributed by atoms with van der Waals surface area (Å²) in [5.74, 6) is 0. The summed E-state index contributed by atoms with van der Waals surface area (Å²) in [4.78, 5) is 0. The van der Waals surface area contributed by atoms with Gasteiger partial charge in [0.15, 0.2) is 18.9 Å². The number of hydrogen-bond donors (Lipinski definition) is 9. The minimum Gasteiger partial charge on any atom is -0.394 e. The molecule has 0 spiro atoms. The van der Waals surface area contributed by atoms with E-state index in [-0.39, 0.29) is 146 Å². The van der Waals surface area contributed by atoms with Gasteiger partial charge in [0.05, 0.1) is 19.8 Å². The van der Waals surface area contributed by atoms with Gasteiger partial charge in [0.1, 0.15) is 72.7 Å². The Morgan fingerprint density at radius 2 is 0.870 bits per heavy atom. The van der Waals surface area contributed by atoms with Crippen LogP contribution in [-0.4, -0.2) is 200 Å². The van der Waals surface area contributed by atoms with Crippen LogP contribution in [0, 0.1) is 125 Å². The standard InChI is InChI=1S/C9H18O6.2C8H16O6.3Ce/c1-9(12)6(11)8(14-3)15-5(4-10)7(9)13-2;2*1-12-7-4(3-9)14-8(13-2)6(11)5(7)10;;;/h5-8,10-12H,4H2,1-3H3;2*4-11H,3H2,1-2H3;;;/q;;;+3;2*+4/p+1/t5?,6?,7-,8+,9?;2*4?,5-,6?,7-,8+;;;/m000.../s1. The van der Waals surface area contributed by atoms with E-state index < -0.39 is 91.6 Å². The Morgan fingerprint density at radius 1 is 0.543 bits per heavy atom. The molecule has 0 saturated carbocycles. The van der Waals surface area contributed by atoms with Crippen LogP contribution in [0.4, 0.5) is 0 Å². The molecular formula is C25H51Ce3O18+12. The normalized spacial score (nSPS) is 42.0. The van der Waals surface area contributed by atoms with Gasteiger partial charge in [-0.2, -0.15) is 0 Å². The zero-order valence-electron chi connectivity index (χ0n) is 27.9. The van der Waals surface area contributed by atoms with Crippen LogP contribution < -0.4 is 0 Å². The van der Waals surface area contributed by atoms with Crippen molar-refractivity contribution in [3.05, 3.63) is 0 Å². The van der Waals surface area contributed by atoms with Gasteiger partial charge in [0.2, 0.25) is 0 Å². The van der Waals surface area contributed by atoms with E-state index in [0.29, 0.717) is 0 Å². The Morgan fingerprint density at radius 3 is 1.13 bits per heavy atom. The summed E-state index contributed by atoms with van der Waals surface area (Å²) in [6.07, 6.45) is -13.1. The number of aliphatic hydroxyl groups excluding tert-OH is 8. The maximum atomic E-state index is 10.1. The number of ether oxygens (including phenoxy) is 9. The molecule has 3 heterocycles. The van der Waals surface area contributed by atoms with Crippen LogP contribution in [0.1, 0.15) is 8.35 Å². The van der Waals surface area contributed by atoms with Crippen LogP contribution in [-0.2, 0) is 42.6 Å². The second-order valence-electron chi connectivity index (χ2n) is 10.1. The number of rotatable bonds is 9. The predicted octanol–water partition coefficient (Wildman–Crippen LogP) is -5.24. The second-order valence-corrected chi connectivity index (χ2v) is 10.1. The van der Waals surface area contributed by atoms with Crippen molar-refractivity contribution in [3.8, 4) is 0 Å². The Bertz CT molecular complexity index is 728. The van der Waals surface area contributed by atoms with Crippen molar-refractivity contribution >= 4 is 0 Å². The van der Waals surface area contributed by atoms with E-state index in [1.54, 1.807) is 0 Å². The molecular weight excluding hydrogens is 1010 g/mol. The summed E-state index contributed by atoms with van der Waals surface area (Å²) in [6, 6.07) is 0. The summed E-state index contributed by atoms with van der Waals surface area (Å²) in [5.41, 5.74) is -1.53. The fourth-order valence-corrected chi connectivity index (χ4v) is 4.93. The fraction of sp³-hybridized carbons (Fsp3) is 1.00. The van der Waals surface area contributed by atoms with Gasteiger partial charge in [-0.15, -0.1) is 0 Å². The molecule has 259 valence electrons. The van der Waals surface area contributed by atoms with E-state index in [2.05, 4.69) is 0 Å². The first-order valence-corrected chi connectivity index (χ1v) is 13.4. The third-order valence-corrected chi connectivity index (χ3v) is 7.40. The van der Waals surface area contributed by atoms with Crippen LogP contribution >= 0.6 is 0 Å². The molecule has 0 bridgehead atoms. The Kier molecular flexibility index (Phi) is 31.6. The van der Waals surface area contributed by atoms with E-state index in [4.69, 9.17) is 58.0 Å². The monoisotopic (exact) mass is 1060 g/mol. The van der Waals surface area contributed by atoms with Crippen molar-refractivity contribution in [2.24, 2.45) is 0 Å². The molecule has 3 aliphatic heterocycles. The van der Waals surface area contributed by atoms with Crippen LogP contribution in [0.2, 0.25) is 0 Å². The molecule has 21 heteroatoms. The molecule has 46 heavy (non-hydrogen) atoms. The Labute approximate surface area is 371 Å². The molecule has 1 radical (unpaired) electrons. The van der Waals surface area contributed by atoms with Crippen molar-refractivity contribution in [1.82, 2.24) is 0 Å². The van der Waals surface area contributed by atoms with Crippen LogP contribution in [0.15, 0.2) is 0 Å². The quantitative estimate of drug-likeness (QED) is 0.105. The zero-order chi connectivity index (χ0) is 33.1. The Balaban J connectivity index is -0.000000283. The van der Waals surface area contributed by atoms with Crippen molar-refractivity contribution in [3.63, 3.8) is 0 Å². The van der Waals surface area contributed by atoms with Crippen molar-refractivity contribution in [2.75, 3.05) is 62.5 Å². The third kappa shape index (κ3) is 14.0. The first kappa shape index (κ1) is 53.8. The molecule has 0 aliphatic carbocycles. The van der Waals surface area contributed by atoms with Gasteiger partial charge < -0.3 is 88.6 Å². The SMILES string of the molecule is CO[C@@H]1OC(CO)[C@H](OC)C(C)(O)C1O.CO[C@@H]1OC(CO)[C@H](OC)[C@@H](O)C1O.CO[C@@H]1OC(CO)[C@H](OC)[C@@H](O)C1O.[Ce+3].[Ce+4].[Ce+4].[H+]. The molecule has 3 saturated heterocycles. The van der Waals surface area contributed by atoms with Gasteiger partial charge in [0, 0.05) is 42.7 Å². The summed E-state index contributed by atoms with van der Waals surface area (Å²) >= 11 is 0. The molecule has 3 aliphatic rings. The van der Waals surface area contributed by atoms with E-state index >= 15 is 0 Å². The molecule has 15 atom stereocenters. The summed E-state index contributed by atoms with van der Waals surface area (Å²) in [6.45, 7) is 0.495. The summed E-state index contributed by atoms with van der Waals surface area (Å²) in [7, 11) is 8.18. The molecule has 18 nitrogen and oxygen atoms in total. The first-order valence-electron chi connectivity index (χ1n) is 13.4. The molecule has 3 rings (SSSR count). The minimum atomic E-state index is -1.53. The largest absolute Gasteiger partial charge is 4.00 e. The molecule has 0 aromatic heterocycles. The maximum Gasteiger partial charge on any atom is 4.00 e. The van der Waals surface area contributed by atoms with Crippen LogP contribution in [0.5, 0.6) is 0 Å². The fourth-order valence-electron chi connectivity index (χ4n) is 4.93. The number of methoxy groups -OCH3 is 6. The van der Waals surface area contributed by atoms with Gasteiger partial charge >= 0.3 is 127 Å². The summed E-state index contributed by atoms with van der Waals surface area (Å²) in [5, 5.41) is 85.0. The smallest absolute Gasteiger partial charge is 0.394 e. The average molecular weight is 1060 g/mol. The zero-order valence-corrected chi connectivity index (χ0v) is 36.3. The average Bonchev–Trinajstić information content (AvgIpc) is 3.01. The topological polar surface area (TPSA) is 265 Å². The molecule has 0 aromatic rings. The second kappa shape index (κ2) is 27.1. The van der Waals surface area contributed by atoms with Gasteiger partial charge in [-0.05, 0) is 6.92 Å². The van der Waals surface area contributed by atoms with Gasteiger partial charge in [-0.25, -0.2) is 0 Å². The summed E-state index contributed by atoms with van der Waals surface area (Å²) < 4.78 is 44.9. The molecule has 7 unspecified atom stereocenters. The third-order valence-electron chi connectivity index (χ3n) is 7.40. The predicted molar refractivity (Wildman–Crippen MR) is 142 cm³/mol. The van der Waals surface area contributed by atoms with Gasteiger partial charge in [-0.1, -0.05) is 0 Å². The Hall–Kier alpha value is 3.41. The number of hydrogen-bond acceptors (Lipinski definition) is 18. The molecule has 9 N–H and O–H groups in total. The van der Waals surface area contributed by atoms with E-state index in [0.717, 1.165) is 0 Å². The van der Waals surface area contributed by atoms with E-state index in [1.165, 1.54) is 49.6 Å². The minimum absolute atomic E-state index is 0. The van der Waals surface area contributed by atoms with Crippen molar-refractivity contribution < 1.29 is 215 Å². The molecule has 0 aromatic carbocycles. The number of aliphatic hydroxyl groups is 9. The van der Waals surface area contributed by atoms with Crippen LogP contribution in [0.25, 0.3) is 0 Å². The van der Waals surface area contributed by atoms with Crippen LogP contribution in [0.3, 0.4) is 0 Å². The maximum absolute atomic E-state index is 10.1. The van der Waals surface area contributed by atoms with E-state index in [1.807, 2.05) is 0 Å².